The minimum Gasteiger partial charge on any atom is -0.325 e. The Bertz CT molecular complexity index is 612. The van der Waals surface area contributed by atoms with Crippen molar-refractivity contribution in [1.82, 2.24) is 4.31 Å². The standard InChI is InChI=1S/C16H26N2O3S/c1-6-13(4)18(22(5,20)21)11-16(19)17-15-10-8-7-9-14(15)12(2)3/h7-10,12-13H,6,11H2,1-5H3,(H,17,19). The Labute approximate surface area is 133 Å². The Balaban J connectivity index is 2.90. The molecule has 0 heterocycles. The summed E-state index contributed by atoms with van der Waals surface area (Å²) in [5.74, 6) is -0.0455. The van der Waals surface area contributed by atoms with E-state index in [-0.39, 0.29) is 24.4 Å². The smallest absolute Gasteiger partial charge is 0.239 e. The van der Waals surface area contributed by atoms with Crippen LogP contribution in [-0.4, -0.2) is 37.5 Å². The van der Waals surface area contributed by atoms with Gasteiger partial charge in [0.1, 0.15) is 0 Å². The first kappa shape index (κ1) is 18.6. The molecule has 1 aromatic carbocycles. The second kappa shape index (κ2) is 7.74. The maximum Gasteiger partial charge on any atom is 0.239 e. The highest BCUT2D eigenvalue weighted by Crippen LogP contribution is 2.23. The molecule has 1 unspecified atom stereocenters. The molecule has 6 heteroatoms. The fraction of sp³-hybridized carbons (Fsp3) is 0.562. The van der Waals surface area contributed by atoms with Gasteiger partial charge in [-0.25, -0.2) is 8.42 Å². The van der Waals surface area contributed by atoms with E-state index in [4.69, 9.17) is 0 Å². The Morgan fingerprint density at radius 1 is 1.23 bits per heavy atom. The maximum absolute atomic E-state index is 12.2. The molecule has 0 spiro atoms. The number of para-hydroxylation sites is 1. The van der Waals surface area contributed by atoms with Gasteiger partial charge in [-0.15, -0.1) is 0 Å². The van der Waals surface area contributed by atoms with Gasteiger partial charge in [0.2, 0.25) is 15.9 Å². The molecule has 0 saturated carbocycles. The number of carbonyl (C=O) groups is 1. The Morgan fingerprint density at radius 2 is 1.82 bits per heavy atom. The van der Waals surface area contributed by atoms with E-state index < -0.39 is 10.0 Å². The summed E-state index contributed by atoms with van der Waals surface area (Å²) in [6.45, 7) is 7.63. The molecule has 0 aliphatic rings. The lowest BCUT2D eigenvalue weighted by Gasteiger charge is -2.25. The first-order valence-electron chi connectivity index (χ1n) is 7.52. The molecule has 0 bridgehead atoms. The summed E-state index contributed by atoms with van der Waals surface area (Å²) in [5, 5.41) is 2.83. The van der Waals surface area contributed by atoms with Crippen LogP contribution >= 0.6 is 0 Å². The number of rotatable bonds is 7. The number of benzene rings is 1. The second-order valence-corrected chi connectivity index (χ2v) is 7.79. The normalized spacial score (nSPS) is 13.4. The molecule has 0 aromatic heterocycles. The zero-order valence-electron chi connectivity index (χ0n) is 14.0. The number of amides is 1. The number of hydrogen-bond donors (Lipinski definition) is 1. The van der Waals surface area contributed by atoms with Crippen molar-refractivity contribution in [2.45, 2.75) is 46.1 Å². The van der Waals surface area contributed by atoms with Crippen LogP contribution in [0.2, 0.25) is 0 Å². The average Bonchev–Trinajstić information content (AvgIpc) is 2.43. The lowest BCUT2D eigenvalue weighted by Crippen LogP contribution is -2.42. The summed E-state index contributed by atoms with van der Waals surface area (Å²) in [4.78, 5) is 12.2. The van der Waals surface area contributed by atoms with E-state index in [2.05, 4.69) is 5.32 Å². The van der Waals surface area contributed by atoms with Crippen LogP contribution in [0.3, 0.4) is 0 Å². The van der Waals surface area contributed by atoms with Gasteiger partial charge in [0.05, 0.1) is 12.8 Å². The predicted octanol–water partition coefficient (Wildman–Crippen LogP) is 2.81. The van der Waals surface area contributed by atoms with Gasteiger partial charge in [0.25, 0.3) is 0 Å². The highest BCUT2D eigenvalue weighted by molar-refractivity contribution is 7.88. The molecule has 0 saturated heterocycles. The van der Waals surface area contributed by atoms with Crippen molar-refractivity contribution in [2.24, 2.45) is 0 Å². The van der Waals surface area contributed by atoms with Crippen molar-refractivity contribution in [3.63, 3.8) is 0 Å². The van der Waals surface area contributed by atoms with Crippen molar-refractivity contribution < 1.29 is 13.2 Å². The van der Waals surface area contributed by atoms with Gasteiger partial charge >= 0.3 is 0 Å². The maximum atomic E-state index is 12.2. The molecule has 124 valence electrons. The number of hydrogen-bond acceptors (Lipinski definition) is 3. The highest BCUT2D eigenvalue weighted by atomic mass is 32.2. The predicted molar refractivity (Wildman–Crippen MR) is 90.5 cm³/mol. The molecule has 1 amide bonds. The second-order valence-electron chi connectivity index (χ2n) is 5.86. The third-order valence-corrected chi connectivity index (χ3v) is 5.01. The number of anilines is 1. The van der Waals surface area contributed by atoms with Crippen LogP contribution in [0.4, 0.5) is 5.69 Å². The number of nitrogens with zero attached hydrogens (tertiary/aromatic N) is 1. The van der Waals surface area contributed by atoms with Gasteiger partial charge in [0.15, 0.2) is 0 Å². The topological polar surface area (TPSA) is 66.5 Å². The first-order valence-corrected chi connectivity index (χ1v) is 9.37. The van der Waals surface area contributed by atoms with Crippen LogP contribution in [0.1, 0.15) is 45.6 Å². The van der Waals surface area contributed by atoms with Crippen LogP contribution in [0, 0.1) is 0 Å². The Hall–Kier alpha value is -1.40. The number of sulfonamides is 1. The van der Waals surface area contributed by atoms with E-state index in [1.54, 1.807) is 6.92 Å². The molecule has 1 aromatic rings. The molecule has 1 rings (SSSR count). The molecule has 0 aliphatic heterocycles. The lowest BCUT2D eigenvalue weighted by molar-refractivity contribution is -0.116. The quantitative estimate of drug-likeness (QED) is 0.838. The van der Waals surface area contributed by atoms with Gasteiger partial charge in [-0.05, 0) is 30.9 Å². The van der Waals surface area contributed by atoms with Gasteiger partial charge < -0.3 is 5.32 Å². The third kappa shape index (κ3) is 5.10. The molecular formula is C16H26N2O3S. The van der Waals surface area contributed by atoms with Crippen LogP contribution in [0.15, 0.2) is 24.3 Å². The molecule has 5 nitrogen and oxygen atoms in total. The number of nitrogens with one attached hydrogen (secondary N) is 1. The van der Waals surface area contributed by atoms with E-state index in [0.717, 1.165) is 17.5 Å². The van der Waals surface area contributed by atoms with Crippen LogP contribution < -0.4 is 5.32 Å². The average molecular weight is 326 g/mol. The SMILES string of the molecule is CCC(C)N(CC(=O)Nc1ccccc1C(C)C)S(C)(=O)=O. The van der Waals surface area contributed by atoms with E-state index in [1.807, 2.05) is 45.0 Å². The minimum atomic E-state index is -3.42. The van der Waals surface area contributed by atoms with Crippen LogP contribution in [0.5, 0.6) is 0 Å². The van der Waals surface area contributed by atoms with Crippen molar-refractivity contribution >= 4 is 21.6 Å². The van der Waals surface area contributed by atoms with Crippen molar-refractivity contribution in [1.29, 1.82) is 0 Å². The summed E-state index contributed by atoms with van der Waals surface area (Å²) in [5.41, 5.74) is 1.77. The van der Waals surface area contributed by atoms with E-state index in [0.29, 0.717) is 6.42 Å². The molecule has 0 radical (unpaired) electrons. The fourth-order valence-electron chi connectivity index (χ4n) is 2.25. The van der Waals surface area contributed by atoms with Crippen molar-refractivity contribution in [3.05, 3.63) is 29.8 Å². The summed E-state index contributed by atoms with van der Waals surface area (Å²) in [6.07, 6.45) is 1.79. The largest absolute Gasteiger partial charge is 0.325 e. The lowest BCUT2D eigenvalue weighted by atomic mass is 10.0. The molecule has 0 aliphatic carbocycles. The fourth-order valence-corrected chi connectivity index (χ4v) is 3.40. The Morgan fingerprint density at radius 3 is 2.32 bits per heavy atom. The molecule has 0 fully saturated rings. The van der Waals surface area contributed by atoms with Gasteiger partial charge in [-0.3, -0.25) is 4.79 Å². The monoisotopic (exact) mass is 326 g/mol. The zero-order valence-corrected chi connectivity index (χ0v) is 14.8. The van der Waals surface area contributed by atoms with Crippen molar-refractivity contribution in [2.75, 3.05) is 18.1 Å². The van der Waals surface area contributed by atoms with Gasteiger partial charge in [0, 0.05) is 11.7 Å². The van der Waals surface area contributed by atoms with Crippen molar-refractivity contribution in [3.8, 4) is 0 Å². The molecule has 1 atom stereocenters. The summed E-state index contributed by atoms with van der Waals surface area (Å²) in [7, 11) is -3.42. The third-order valence-electron chi connectivity index (χ3n) is 3.66. The van der Waals surface area contributed by atoms with Gasteiger partial charge in [-0.2, -0.15) is 4.31 Å². The van der Waals surface area contributed by atoms with Gasteiger partial charge in [-0.1, -0.05) is 39.0 Å². The minimum absolute atomic E-state index is 0.166. The van der Waals surface area contributed by atoms with Crippen LogP contribution in [-0.2, 0) is 14.8 Å². The summed E-state index contributed by atoms with van der Waals surface area (Å²) >= 11 is 0. The van der Waals surface area contributed by atoms with E-state index in [9.17, 15) is 13.2 Å². The molecule has 1 N–H and O–H groups in total. The molecule has 22 heavy (non-hydrogen) atoms. The molecular weight excluding hydrogens is 300 g/mol. The summed E-state index contributed by atoms with van der Waals surface area (Å²) < 4.78 is 24.9. The zero-order chi connectivity index (χ0) is 16.9. The van der Waals surface area contributed by atoms with E-state index in [1.165, 1.54) is 4.31 Å². The number of carbonyl (C=O) groups excluding carboxylic acids is 1. The van der Waals surface area contributed by atoms with Crippen LogP contribution in [0.25, 0.3) is 0 Å². The highest BCUT2D eigenvalue weighted by Gasteiger charge is 2.25. The van der Waals surface area contributed by atoms with E-state index >= 15 is 0 Å². The first-order chi connectivity index (χ1) is 10.2. The summed E-state index contributed by atoms with van der Waals surface area (Å²) in [6, 6.07) is 7.36. The Kier molecular flexibility index (Phi) is 6.56.